The molecule has 0 fully saturated rings. The van der Waals surface area contributed by atoms with Gasteiger partial charge < -0.3 is 10.3 Å². The number of sulfonamides is 1. The number of aryl methyl sites for hydroxylation is 1. The fourth-order valence-corrected chi connectivity index (χ4v) is 2.91. The van der Waals surface area contributed by atoms with Gasteiger partial charge in [0.1, 0.15) is 22.7 Å². The first-order chi connectivity index (χ1) is 9.32. The number of nitrogens with one attached hydrogen (secondary N) is 1. The summed E-state index contributed by atoms with van der Waals surface area (Å²) in [5.74, 6) is -0.269. The summed E-state index contributed by atoms with van der Waals surface area (Å²) in [4.78, 5) is 15.0. The number of nitrogens with two attached hydrogens (primary N) is 1. The number of amides is 1. The first-order valence-electron chi connectivity index (χ1n) is 5.59. The monoisotopic (exact) mass is 298 g/mol. The van der Waals surface area contributed by atoms with Gasteiger partial charge in [-0.1, -0.05) is 0 Å². The van der Waals surface area contributed by atoms with Gasteiger partial charge in [-0.25, -0.2) is 13.4 Å². The number of carbonyl (C=O) groups is 1. The molecular weight excluding hydrogens is 284 g/mol. The van der Waals surface area contributed by atoms with E-state index >= 15 is 0 Å². The van der Waals surface area contributed by atoms with E-state index in [1.165, 1.54) is 30.2 Å². The van der Waals surface area contributed by atoms with E-state index in [1.54, 1.807) is 7.05 Å². The maximum atomic E-state index is 12.3. The van der Waals surface area contributed by atoms with Crippen molar-refractivity contribution in [3.05, 3.63) is 30.1 Å². The summed E-state index contributed by atoms with van der Waals surface area (Å²) in [6.45, 7) is 0.0448. The molecule has 2 rings (SSSR count). The van der Waals surface area contributed by atoms with Crippen LogP contribution in [-0.2, 0) is 23.6 Å². The molecule has 3 N–H and O–H groups in total. The Morgan fingerprint density at radius 3 is 2.75 bits per heavy atom. The van der Waals surface area contributed by atoms with E-state index in [0.717, 1.165) is 4.31 Å². The Kier molecular flexibility index (Phi) is 3.59. The smallest absolute Gasteiger partial charge is 0.265 e. The van der Waals surface area contributed by atoms with Gasteiger partial charge in [-0.15, -0.1) is 0 Å². The van der Waals surface area contributed by atoms with Crippen LogP contribution in [0.1, 0.15) is 16.3 Å². The molecule has 1 amide bonds. The molecule has 0 aliphatic carbocycles. The summed E-state index contributed by atoms with van der Waals surface area (Å²) in [5.41, 5.74) is 5.29. The quantitative estimate of drug-likeness (QED) is 0.736. The minimum atomic E-state index is -3.73. The molecule has 0 aliphatic heterocycles. The number of hydrogen-bond acceptors (Lipinski definition) is 5. The number of nitrogens with zero attached hydrogens (tertiary/aromatic N) is 4. The van der Waals surface area contributed by atoms with Gasteiger partial charge in [0.25, 0.3) is 5.91 Å². The Hall–Kier alpha value is -2.20. The van der Waals surface area contributed by atoms with Crippen LogP contribution in [0.2, 0.25) is 0 Å². The molecule has 0 aromatic carbocycles. The van der Waals surface area contributed by atoms with Crippen molar-refractivity contribution in [2.24, 2.45) is 12.8 Å². The second kappa shape index (κ2) is 5.06. The summed E-state index contributed by atoms with van der Waals surface area (Å²) in [7, 11) is -0.771. The summed E-state index contributed by atoms with van der Waals surface area (Å²) >= 11 is 0. The maximum absolute atomic E-state index is 12.3. The minimum absolute atomic E-state index is 0.00387. The molecule has 2 aromatic heterocycles. The predicted molar refractivity (Wildman–Crippen MR) is 69.0 cm³/mol. The molecule has 0 radical (unpaired) electrons. The van der Waals surface area contributed by atoms with Gasteiger partial charge in [0.05, 0.1) is 6.54 Å². The highest BCUT2D eigenvalue weighted by atomic mass is 32.2. The van der Waals surface area contributed by atoms with E-state index < -0.39 is 15.9 Å². The molecule has 9 nitrogen and oxygen atoms in total. The molecule has 2 aromatic rings. The van der Waals surface area contributed by atoms with Crippen LogP contribution in [0.4, 0.5) is 0 Å². The predicted octanol–water partition coefficient (Wildman–Crippen LogP) is -0.937. The Bertz CT molecular complexity index is 718. The number of aromatic amines is 1. The molecule has 0 bridgehead atoms. The topological polar surface area (TPSA) is 127 Å². The van der Waals surface area contributed by atoms with Crippen molar-refractivity contribution in [1.29, 1.82) is 0 Å². The van der Waals surface area contributed by atoms with E-state index in [2.05, 4.69) is 15.2 Å². The zero-order chi connectivity index (χ0) is 14.9. The molecule has 0 aliphatic rings. The first kappa shape index (κ1) is 14.2. The standard InChI is InChI=1S/C10H14N6O3S/c1-15-4-7(3-8(15)10(11)17)20(18,19)16(2)5-9-12-6-13-14-9/h3-4,6H,5H2,1-2H3,(H2,11,17)(H,12,13,14). The molecule has 0 spiro atoms. The zero-order valence-corrected chi connectivity index (χ0v) is 11.8. The van der Waals surface area contributed by atoms with Crippen molar-refractivity contribution >= 4 is 15.9 Å². The van der Waals surface area contributed by atoms with Crippen LogP contribution in [0, 0.1) is 0 Å². The normalized spacial score (nSPS) is 11.9. The molecule has 0 saturated carbocycles. The lowest BCUT2D eigenvalue weighted by atomic mass is 10.4. The van der Waals surface area contributed by atoms with Crippen molar-refractivity contribution < 1.29 is 13.2 Å². The Morgan fingerprint density at radius 1 is 1.55 bits per heavy atom. The summed E-state index contributed by atoms with van der Waals surface area (Å²) in [6, 6.07) is 1.24. The van der Waals surface area contributed by atoms with Crippen molar-refractivity contribution in [1.82, 2.24) is 24.1 Å². The molecule has 20 heavy (non-hydrogen) atoms. The van der Waals surface area contributed by atoms with E-state index in [9.17, 15) is 13.2 Å². The summed E-state index contributed by atoms with van der Waals surface area (Å²) in [5, 5.41) is 6.23. The van der Waals surface area contributed by atoms with Crippen LogP contribution >= 0.6 is 0 Å². The third-order valence-electron chi connectivity index (χ3n) is 2.78. The SMILES string of the molecule is CN(Cc1ncn[nH]1)S(=O)(=O)c1cc(C(N)=O)n(C)c1. The molecule has 0 atom stereocenters. The maximum Gasteiger partial charge on any atom is 0.265 e. The Morgan fingerprint density at radius 2 is 2.25 bits per heavy atom. The molecule has 108 valence electrons. The van der Waals surface area contributed by atoms with Gasteiger partial charge in [-0.05, 0) is 6.07 Å². The third-order valence-corrected chi connectivity index (χ3v) is 4.55. The zero-order valence-electron chi connectivity index (χ0n) is 10.9. The fraction of sp³-hybridized carbons (Fsp3) is 0.300. The average Bonchev–Trinajstić information content (AvgIpc) is 2.98. The summed E-state index contributed by atoms with van der Waals surface area (Å²) < 4.78 is 27.2. The Balaban J connectivity index is 2.30. The Labute approximate surface area is 115 Å². The van der Waals surface area contributed by atoms with Crippen LogP contribution in [-0.4, -0.2) is 45.4 Å². The lowest BCUT2D eigenvalue weighted by molar-refractivity contribution is 0.0992. The molecule has 10 heteroatoms. The summed E-state index contributed by atoms with van der Waals surface area (Å²) in [6.07, 6.45) is 2.63. The van der Waals surface area contributed by atoms with Crippen molar-refractivity contribution in [3.63, 3.8) is 0 Å². The second-order valence-corrected chi connectivity index (χ2v) is 6.27. The van der Waals surface area contributed by atoms with Gasteiger partial charge in [-0.3, -0.25) is 9.89 Å². The number of carbonyl (C=O) groups excluding carboxylic acids is 1. The highest BCUT2D eigenvalue weighted by molar-refractivity contribution is 7.89. The number of hydrogen-bond donors (Lipinski definition) is 2. The van der Waals surface area contributed by atoms with Gasteiger partial charge in [0, 0.05) is 20.3 Å². The van der Waals surface area contributed by atoms with Crippen molar-refractivity contribution in [2.75, 3.05) is 7.05 Å². The van der Waals surface area contributed by atoms with Crippen LogP contribution in [0.25, 0.3) is 0 Å². The van der Waals surface area contributed by atoms with Crippen LogP contribution in [0.5, 0.6) is 0 Å². The second-order valence-electron chi connectivity index (χ2n) is 4.23. The highest BCUT2D eigenvalue weighted by Crippen LogP contribution is 2.18. The highest BCUT2D eigenvalue weighted by Gasteiger charge is 2.24. The lowest BCUT2D eigenvalue weighted by Crippen LogP contribution is -2.26. The number of H-pyrrole nitrogens is 1. The largest absolute Gasteiger partial charge is 0.364 e. The number of aromatic nitrogens is 4. The van der Waals surface area contributed by atoms with Crippen LogP contribution in [0.3, 0.4) is 0 Å². The molecule has 0 unspecified atom stereocenters. The van der Waals surface area contributed by atoms with Gasteiger partial charge in [0.15, 0.2) is 0 Å². The third kappa shape index (κ3) is 2.56. The lowest BCUT2D eigenvalue weighted by Gasteiger charge is -2.14. The average molecular weight is 298 g/mol. The van der Waals surface area contributed by atoms with Gasteiger partial charge in [-0.2, -0.15) is 9.40 Å². The molecule has 0 saturated heterocycles. The van der Waals surface area contributed by atoms with E-state index in [4.69, 9.17) is 5.73 Å². The number of rotatable bonds is 5. The van der Waals surface area contributed by atoms with Crippen molar-refractivity contribution in [2.45, 2.75) is 11.4 Å². The fourth-order valence-electron chi connectivity index (χ4n) is 1.70. The first-order valence-corrected chi connectivity index (χ1v) is 7.03. The van der Waals surface area contributed by atoms with Crippen LogP contribution < -0.4 is 5.73 Å². The van der Waals surface area contributed by atoms with E-state index in [1.807, 2.05) is 0 Å². The molecule has 2 heterocycles. The molecular formula is C10H14N6O3S. The minimum Gasteiger partial charge on any atom is -0.364 e. The van der Waals surface area contributed by atoms with E-state index in [-0.39, 0.29) is 17.1 Å². The van der Waals surface area contributed by atoms with Crippen molar-refractivity contribution in [3.8, 4) is 0 Å². The van der Waals surface area contributed by atoms with Crippen LogP contribution in [0.15, 0.2) is 23.5 Å². The van der Waals surface area contributed by atoms with Gasteiger partial charge >= 0.3 is 0 Å². The van der Waals surface area contributed by atoms with E-state index in [0.29, 0.717) is 5.82 Å². The number of primary amides is 1. The van der Waals surface area contributed by atoms with Gasteiger partial charge in [0.2, 0.25) is 10.0 Å².